The number of nitrogens with two attached hydrogens (primary N) is 1. The van der Waals surface area contributed by atoms with Crippen LogP contribution in [-0.2, 0) is 10.9 Å². The molecule has 1 aliphatic heterocycles. The molecule has 0 radical (unpaired) electrons. The zero-order chi connectivity index (χ0) is 21.2. The number of alkyl halides is 3. The fourth-order valence-corrected chi connectivity index (χ4v) is 4.34. The molecule has 0 unspecified atom stereocenters. The summed E-state index contributed by atoms with van der Waals surface area (Å²) in [6, 6.07) is 1.61. The zero-order valence-corrected chi connectivity index (χ0v) is 17.2. The topological polar surface area (TPSA) is 94.2 Å². The second kappa shape index (κ2) is 8.59. The Balaban J connectivity index is 0.00000117. The normalized spacial score (nSPS) is 14.6. The molecule has 3 aromatic rings. The summed E-state index contributed by atoms with van der Waals surface area (Å²) in [6.45, 7) is 5.96. The summed E-state index contributed by atoms with van der Waals surface area (Å²) in [5.41, 5.74) is 4.94. The highest BCUT2D eigenvalue weighted by atomic mass is 32.1. The molecule has 0 aliphatic carbocycles. The third-order valence-corrected chi connectivity index (χ3v) is 5.77. The number of nitrogen functional groups attached to an aromatic ring is 1. The average molecular weight is 445 g/mol. The summed E-state index contributed by atoms with van der Waals surface area (Å²) in [5.74, 6) is -0.0559. The first-order valence-electron chi connectivity index (χ1n) is 8.80. The van der Waals surface area contributed by atoms with E-state index in [0.717, 1.165) is 28.1 Å². The van der Waals surface area contributed by atoms with Crippen LogP contribution in [0, 0.1) is 0 Å². The van der Waals surface area contributed by atoms with Gasteiger partial charge in [-0.3, -0.25) is 4.79 Å². The van der Waals surface area contributed by atoms with Gasteiger partial charge in [-0.05, 0) is 6.07 Å². The van der Waals surface area contributed by atoms with Crippen molar-refractivity contribution < 1.29 is 22.7 Å². The van der Waals surface area contributed by atoms with Crippen molar-refractivity contribution in [3.8, 4) is 10.8 Å². The summed E-state index contributed by atoms with van der Waals surface area (Å²) in [5, 5.41) is 1.42. The summed E-state index contributed by atoms with van der Waals surface area (Å²) < 4.78 is 43.5. The Hall–Kier alpha value is -2.31. The lowest BCUT2D eigenvalue weighted by Gasteiger charge is -2.26. The van der Waals surface area contributed by atoms with Crippen LogP contribution in [0.3, 0.4) is 0 Å². The van der Waals surface area contributed by atoms with Gasteiger partial charge in [-0.1, -0.05) is 13.8 Å². The van der Waals surface area contributed by atoms with E-state index < -0.39 is 11.9 Å². The van der Waals surface area contributed by atoms with E-state index in [-0.39, 0.29) is 22.6 Å². The summed E-state index contributed by atoms with van der Waals surface area (Å²) >= 11 is 1.91. The van der Waals surface area contributed by atoms with Crippen molar-refractivity contribution in [1.29, 1.82) is 0 Å². The summed E-state index contributed by atoms with van der Waals surface area (Å²) in [4.78, 5) is 27.0. The van der Waals surface area contributed by atoms with Crippen LogP contribution in [0.15, 0.2) is 11.4 Å². The lowest BCUT2D eigenvalue weighted by atomic mass is 10.3. The Morgan fingerprint density at radius 2 is 1.90 bits per heavy atom. The summed E-state index contributed by atoms with van der Waals surface area (Å²) in [7, 11) is 0. The van der Waals surface area contributed by atoms with Crippen LogP contribution in [-0.4, -0.2) is 52.1 Å². The minimum Gasteiger partial charge on any atom is -0.383 e. The van der Waals surface area contributed by atoms with E-state index in [1.54, 1.807) is 11.0 Å². The van der Waals surface area contributed by atoms with Crippen molar-refractivity contribution in [1.82, 2.24) is 19.9 Å². The largest absolute Gasteiger partial charge is 0.434 e. The molecule has 4 heterocycles. The summed E-state index contributed by atoms with van der Waals surface area (Å²) in [6.07, 6.45) is -4.54. The fourth-order valence-electron chi connectivity index (χ4n) is 2.57. The SMILES string of the molecule is CC.Nc1nc(-c2nc(C(F)(F)F)cs2)nc2sc(C(=O)N3CCOCC3)cc12. The number of hydrogen-bond donors (Lipinski definition) is 1. The van der Waals surface area contributed by atoms with Crippen molar-refractivity contribution in [2.75, 3.05) is 32.0 Å². The first-order chi connectivity index (χ1) is 13.8. The maximum Gasteiger partial charge on any atom is 0.434 e. The quantitative estimate of drug-likeness (QED) is 0.643. The molecule has 156 valence electrons. The molecule has 1 fully saturated rings. The van der Waals surface area contributed by atoms with E-state index in [0.29, 0.717) is 41.4 Å². The second-order valence-electron chi connectivity index (χ2n) is 5.70. The van der Waals surface area contributed by atoms with Gasteiger partial charge in [-0.25, -0.2) is 15.0 Å². The molecule has 29 heavy (non-hydrogen) atoms. The number of halogens is 3. The maximum absolute atomic E-state index is 12.7. The number of fused-ring (bicyclic) bond motifs is 1. The Morgan fingerprint density at radius 1 is 1.21 bits per heavy atom. The van der Waals surface area contributed by atoms with Gasteiger partial charge in [0.15, 0.2) is 16.5 Å². The average Bonchev–Trinajstić information content (AvgIpc) is 3.37. The van der Waals surface area contributed by atoms with Crippen molar-refractivity contribution in [2.45, 2.75) is 20.0 Å². The number of nitrogens with zero attached hydrogens (tertiary/aromatic N) is 4. The van der Waals surface area contributed by atoms with Gasteiger partial charge in [-0.15, -0.1) is 22.7 Å². The van der Waals surface area contributed by atoms with Crippen molar-refractivity contribution in [3.63, 3.8) is 0 Å². The molecule has 1 aliphatic rings. The first-order valence-corrected chi connectivity index (χ1v) is 10.5. The van der Waals surface area contributed by atoms with Crippen LogP contribution in [0.2, 0.25) is 0 Å². The molecule has 12 heteroatoms. The smallest absolute Gasteiger partial charge is 0.383 e. The van der Waals surface area contributed by atoms with Gasteiger partial charge in [-0.2, -0.15) is 13.2 Å². The Kier molecular flexibility index (Phi) is 6.34. The monoisotopic (exact) mass is 445 g/mol. The van der Waals surface area contributed by atoms with Gasteiger partial charge in [0.05, 0.1) is 23.5 Å². The van der Waals surface area contributed by atoms with E-state index in [9.17, 15) is 18.0 Å². The Bertz CT molecular complexity index is 1010. The van der Waals surface area contributed by atoms with Crippen LogP contribution >= 0.6 is 22.7 Å². The van der Waals surface area contributed by atoms with Gasteiger partial charge in [0.1, 0.15) is 10.6 Å². The van der Waals surface area contributed by atoms with Crippen LogP contribution in [0.1, 0.15) is 29.2 Å². The molecule has 2 N–H and O–H groups in total. The lowest BCUT2D eigenvalue weighted by molar-refractivity contribution is -0.140. The van der Waals surface area contributed by atoms with Crippen molar-refractivity contribution in [2.24, 2.45) is 0 Å². The molecule has 1 saturated heterocycles. The number of thiophene rings is 1. The van der Waals surface area contributed by atoms with E-state index in [1.165, 1.54) is 0 Å². The highest BCUT2D eigenvalue weighted by molar-refractivity contribution is 7.20. The highest BCUT2D eigenvalue weighted by Crippen LogP contribution is 2.35. The first kappa shape index (κ1) is 21.4. The van der Waals surface area contributed by atoms with E-state index >= 15 is 0 Å². The minimum atomic E-state index is -4.54. The van der Waals surface area contributed by atoms with Crippen LogP contribution in [0.25, 0.3) is 21.0 Å². The van der Waals surface area contributed by atoms with E-state index in [2.05, 4.69) is 15.0 Å². The number of rotatable bonds is 2. The standard InChI is InChI=1S/C15H12F3N5O2S2.C2H6/c16-15(17,18)9-6-26-13(20-9)11-21-10(19)7-5-8(27-12(7)22-11)14(24)23-1-3-25-4-2-23;1-2/h5-6H,1-4H2,(H2,19,21,22);1-2H3. The van der Waals surface area contributed by atoms with Gasteiger partial charge in [0.25, 0.3) is 5.91 Å². The number of amides is 1. The molecule has 4 rings (SSSR count). The number of thiazole rings is 1. The van der Waals surface area contributed by atoms with Gasteiger partial charge in [0.2, 0.25) is 0 Å². The van der Waals surface area contributed by atoms with Gasteiger partial charge >= 0.3 is 6.18 Å². The number of morpholine rings is 1. The van der Waals surface area contributed by atoms with Crippen molar-refractivity contribution in [3.05, 3.63) is 22.0 Å². The van der Waals surface area contributed by atoms with Gasteiger partial charge < -0.3 is 15.4 Å². The van der Waals surface area contributed by atoms with E-state index in [4.69, 9.17) is 10.5 Å². The van der Waals surface area contributed by atoms with Crippen molar-refractivity contribution >= 4 is 44.6 Å². The number of ether oxygens (including phenoxy) is 1. The van der Waals surface area contributed by atoms with Crippen LogP contribution < -0.4 is 5.73 Å². The molecular formula is C17H18F3N5O2S2. The Labute approximate surface area is 172 Å². The van der Waals surface area contributed by atoms with Crippen LogP contribution in [0.5, 0.6) is 0 Å². The molecule has 0 bridgehead atoms. The number of anilines is 1. The number of aromatic nitrogens is 3. The Morgan fingerprint density at radius 3 is 2.52 bits per heavy atom. The predicted octanol–water partition coefficient (Wildman–Crippen LogP) is 3.91. The van der Waals surface area contributed by atoms with E-state index in [1.807, 2.05) is 13.8 Å². The predicted molar refractivity (Wildman–Crippen MR) is 106 cm³/mol. The molecule has 0 aromatic carbocycles. The molecule has 0 atom stereocenters. The molecule has 0 saturated carbocycles. The second-order valence-corrected chi connectivity index (χ2v) is 7.59. The fraction of sp³-hybridized carbons (Fsp3) is 0.412. The molecule has 3 aromatic heterocycles. The number of carbonyl (C=O) groups excluding carboxylic acids is 1. The van der Waals surface area contributed by atoms with Gasteiger partial charge in [0, 0.05) is 18.5 Å². The highest BCUT2D eigenvalue weighted by Gasteiger charge is 2.34. The number of carbonyl (C=O) groups is 1. The lowest BCUT2D eigenvalue weighted by Crippen LogP contribution is -2.40. The maximum atomic E-state index is 12.7. The minimum absolute atomic E-state index is 0.00715. The third kappa shape index (κ3) is 4.49. The van der Waals surface area contributed by atoms with Crippen LogP contribution in [0.4, 0.5) is 19.0 Å². The molecule has 1 amide bonds. The molecule has 7 nitrogen and oxygen atoms in total. The molecular weight excluding hydrogens is 427 g/mol. The third-order valence-electron chi connectivity index (χ3n) is 3.92. The zero-order valence-electron chi connectivity index (χ0n) is 15.6. The molecule has 0 spiro atoms. The number of hydrogen-bond acceptors (Lipinski definition) is 8.